The molecule has 5 aromatic rings. The second kappa shape index (κ2) is 10.5. The number of hydrogen-bond donors (Lipinski definition) is 1. The summed E-state index contributed by atoms with van der Waals surface area (Å²) in [4.78, 5) is 38.2. The molecule has 0 spiro atoms. The summed E-state index contributed by atoms with van der Waals surface area (Å²) in [6.07, 6.45) is 3.60. The third-order valence-electron chi connectivity index (χ3n) is 5.57. The molecule has 0 bridgehead atoms. The third kappa shape index (κ3) is 5.27. The lowest BCUT2D eigenvalue weighted by molar-refractivity contribution is 0.0379. The summed E-state index contributed by atoms with van der Waals surface area (Å²) in [7, 11) is 1.53. The van der Waals surface area contributed by atoms with Gasteiger partial charge in [-0.1, -0.05) is 11.3 Å². The van der Waals surface area contributed by atoms with Gasteiger partial charge in [0.2, 0.25) is 5.88 Å². The van der Waals surface area contributed by atoms with Crippen LogP contribution in [0.4, 0.5) is 14.9 Å². The van der Waals surface area contributed by atoms with Gasteiger partial charge < -0.3 is 14.2 Å². The molecule has 0 aliphatic rings. The molecule has 2 atom stereocenters. The first kappa shape index (κ1) is 25.1. The van der Waals surface area contributed by atoms with Gasteiger partial charge in [-0.2, -0.15) is 4.98 Å². The minimum absolute atomic E-state index is 0.217. The molecule has 0 unspecified atom stereocenters. The minimum atomic E-state index is -0.720. The van der Waals surface area contributed by atoms with E-state index in [-0.39, 0.29) is 5.88 Å². The van der Waals surface area contributed by atoms with Crippen molar-refractivity contribution in [1.29, 1.82) is 0 Å². The number of amides is 1. The number of pyridine rings is 1. The van der Waals surface area contributed by atoms with Gasteiger partial charge in [0, 0.05) is 11.6 Å². The lowest BCUT2D eigenvalue weighted by Gasteiger charge is -2.21. The van der Waals surface area contributed by atoms with Gasteiger partial charge in [0.1, 0.15) is 33.9 Å². The molecule has 13 heteroatoms. The second-order valence-electron chi connectivity index (χ2n) is 8.40. The zero-order valence-electron chi connectivity index (χ0n) is 20.8. The zero-order chi connectivity index (χ0) is 26.8. The fourth-order valence-corrected chi connectivity index (χ4v) is 4.51. The van der Waals surface area contributed by atoms with Gasteiger partial charge in [-0.3, -0.25) is 5.32 Å². The van der Waals surface area contributed by atoms with Crippen molar-refractivity contribution < 1.29 is 23.4 Å². The predicted molar refractivity (Wildman–Crippen MR) is 139 cm³/mol. The first-order valence-corrected chi connectivity index (χ1v) is 12.3. The quantitative estimate of drug-likeness (QED) is 0.305. The van der Waals surface area contributed by atoms with Crippen LogP contribution >= 0.6 is 11.3 Å². The molecule has 1 aromatic carbocycles. The summed E-state index contributed by atoms with van der Waals surface area (Å²) in [5, 5.41) is 3.13. The van der Waals surface area contributed by atoms with Crippen LogP contribution in [0.1, 0.15) is 19.4 Å². The Balaban J connectivity index is 1.36. The maximum Gasteiger partial charge on any atom is 0.412 e. The topological polar surface area (TPSA) is 134 Å². The number of hydrogen-bond acceptors (Lipinski definition) is 11. The van der Waals surface area contributed by atoms with Crippen molar-refractivity contribution in [3.8, 4) is 22.3 Å². The molecule has 5 rings (SSSR count). The van der Waals surface area contributed by atoms with Crippen LogP contribution in [0.2, 0.25) is 0 Å². The molecule has 11 nitrogen and oxygen atoms in total. The number of carbonyl (C=O) groups excluding carboxylic acids is 1. The van der Waals surface area contributed by atoms with E-state index in [9.17, 15) is 9.18 Å². The molecule has 1 N–H and O–H groups in total. The van der Waals surface area contributed by atoms with E-state index < -0.39 is 24.1 Å². The van der Waals surface area contributed by atoms with Crippen molar-refractivity contribution >= 4 is 44.5 Å². The average Bonchev–Trinajstić information content (AvgIpc) is 3.30. The van der Waals surface area contributed by atoms with E-state index in [1.54, 1.807) is 13.8 Å². The number of carbonyl (C=O) groups is 1. The van der Waals surface area contributed by atoms with Crippen LogP contribution in [0, 0.1) is 12.7 Å². The number of halogens is 1. The molecule has 0 fully saturated rings. The highest BCUT2D eigenvalue weighted by Crippen LogP contribution is 2.35. The number of fused-ring (bicyclic) bond motifs is 2. The summed E-state index contributed by atoms with van der Waals surface area (Å²) >= 11 is 1.28. The Morgan fingerprint density at radius 1 is 1.03 bits per heavy atom. The molecular weight excluding hydrogens is 513 g/mol. The highest BCUT2D eigenvalue weighted by Gasteiger charge is 2.22. The Morgan fingerprint density at radius 2 is 1.82 bits per heavy atom. The van der Waals surface area contributed by atoms with Crippen LogP contribution in [0.15, 0.2) is 43.1 Å². The largest absolute Gasteiger partial charge is 0.480 e. The zero-order valence-corrected chi connectivity index (χ0v) is 21.6. The number of benzene rings is 1. The standard InChI is InChI=1S/C25H22FN7O4S/c1-12-5-16(21-18(6-12)31-20(35-4)10-29-21)23-32-19-7-17(26)22(33-24(19)38-23)36-13(2)14(3)37-25(34)30-15-8-27-11-28-9-15/h5-11,13-14H,1-4H3,(H,30,34)/t13-,14+/m0/s1. The fraction of sp³-hybridized carbons (Fsp3) is 0.240. The number of anilines is 1. The number of ether oxygens (including phenoxy) is 3. The third-order valence-corrected chi connectivity index (χ3v) is 6.57. The first-order chi connectivity index (χ1) is 18.3. The SMILES string of the molecule is COc1cnc2c(-c3nc4cc(F)c(O[C@@H](C)[C@@H](C)OC(=O)Nc5cncnc5)nc4s3)cc(C)cc2n1. The number of methoxy groups -OCH3 is 1. The summed E-state index contributed by atoms with van der Waals surface area (Å²) in [6, 6.07) is 5.12. The van der Waals surface area contributed by atoms with Crippen molar-refractivity contribution in [3.63, 3.8) is 0 Å². The monoisotopic (exact) mass is 535 g/mol. The molecule has 0 saturated heterocycles. The van der Waals surface area contributed by atoms with Gasteiger partial charge >= 0.3 is 6.09 Å². The summed E-state index contributed by atoms with van der Waals surface area (Å²) in [5.74, 6) is -0.494. The molecule has 4 heterocycles. The van der Waals surface area contributed by atoms with Crippen LogP contribution < -0.4 is 14.8 Å². The van der Waals surface area contributed by atoms with E-state index in [1.807, 2.05) is 19.1 Å². The van der Waals surface area contributed by atoms with E-state index >= 15 is 0 Å². The van der Waals surface area contributed by atoms with E-state index in [1.165, 1.54) is 49.4 Å². The Morgan fingerprint density at radius 3 is 2.58 bits per heavy atom. The van der Waals surface area contributed by atoms with Crippen molar-refractivity contribution in [2.24, 2.45) is 0 Å². The maximum absolute atomic E-state index is 14.9. The van der Waals surface area contributed by atoms with Gasteiger partial charge in [0.15, 0.2) is 5.82 Å². The van der Waals surface area contributed by atoms with Crippen molar-refractivity contribution in [3.05, 3.63) is 54.5 Å². The molecule has 38 heavy (non-hydrogen) atoms. The molecule has 4 aromatic heterocycles. The van der Waals surface area contributed by atoms with Gasteiger partial charge in [-0.05, 0) is 38.5 Å². The summed E-state index contributed by atoms with van der Waals surface area (Å²) in [6.45, 7) is 5.23. The number of nitrogens with one attached hydrogen (secondary N) is 1. The molecule has 0 aliphatic heterocycles. The van der Waals surface area contributed by atoms with Crippen LogP contribution in [-0.2, 0) is 4.74 Å². The number of aromatic nitrogens is 6. The number of thiazole rings is 1. The maximum atomic E-state index is 14.9. The average molecular weight is 536 g/mol. The molecule has 0 aliphatic carbocycles. The molecule has 0 radical (unpaired) electrons. The Kier molecular flexibility index (Phi) is 6.92. The highest BCUT2D eigenvalue weighted by atomic mass is 32.1. The van der Waals surface area contributed by atoms with Crippen LogP contribution in [0.3, 0.4) is 0 Å². The van der Waals surface area contributed by atoms with E-state index in [2.05, 4.69) is 35.2 Å². The number of aryl methyl sites for hydroxylation is 1. The predicted octanol–water partition coefficient (Wildman–Crippen LogP) is 4.95. The van der Waals surface area contributed by atoms with E-state index in [0.717, 1.165) is 11.1 Å². The Bertz CT molecular complexity index is 1630. The Labute approximate surface area is 220 Å². The fourth-order valence-electron chi connectivity index (χ4n) is 3.58. The summed E-state index contributed by atoms with van der Waals surface area (Å²) in [5.41, 5.74) is 3.78. The summed E-state index contributed by atoms with van der Waals surface area (Å²) < 4.78 is 31.2. The van der Waals surface area contributed by atoms with E-state index in [0.29, 0.717) is 38.0 Å². The van der Waals surface area contributed by atoms with Crippen molar-refractivity contribution in [1.82, 2.24) is 29.9 Å². The van der Waals surface area contributed by atoms with Crippen LogP contribution in [0.25, 0.3) is 32.0 Å². The lowest BCUT2D eigenvalue weighted by atomic mass is 10.1. The van der Waals surface area contributed by atoms with Gasteiger partial charge in [-0.25, -0.2) is 34.1 Å². The highest BCUT2D eigenvalue weighted by molar-refractivity contribution is 7.21. The van der Waals surface area contributed by atoms with Gasteiger partial charge in [0.05, 0.1) is 42.4 Å². The number of rotatable bonds is 7. The second-order valence-corrected chi connectivity index (χ2v) is 9.37. The van der Waals surface area contributed by atoms with E-state index in [4.69, 9.17) is 14.2 Å². The molecule has 0 saturated carbocycles. The first-order valence-electron chi connectivity index (χ1n) is 11.5. The van der Waals surface area contributed by atoms with Crippen LogP contribution in [-0.4, -0.2) is 55.3 Å². The molecule has 194 valence electrons. The molecular formula is C25H22FN7O4S. The lowest BCUT2D eigenvalue weighted by Crippen LogP contribution is -2.33. The molecule has 1 amide bonds. The number of nitrogens with zero attached hydrogens (tertiary/aromatic N) is 6. The van der Waals surface area contributed by atoms with Gasteiger partial charge in [0.25, 0.3) is 5.88 Å². The van der Waals surface area contributed by atoms with Gasteiger partial charge in [-0.15, -0.1) is 0 Å². The van der Waals surface area contributed by atoms with Crippen molar-refractivity contribution in [2.45, 2.75) is 33.0 Å². The normalized spacial score (nSPS) is 12.8. The Hall–Kier alpha value is -4.52. The van der Waals surface area contributed by atoms with Crippen molar-refractivity contribution in [2.75, 3.05) is 12.4 Å². The minimum Gasteiger partial charge on any atom is -0.480 e. The van der Waals surface area contributed by atoms with Crippen LogP contribution in [0.5, 0.6) is 11.8 Å². The smallest absolute Gasteiger partial charge is 0.412 e.